The Morgan fingerprint density at radius 2 is 2.27 bits per heavy atom. The summed E-state index contributed by atoms with van der Waals surface area (Å²) in [5.41, 5.74) is 6.70. The van der Waals surface area contributed by atoms with E-state index in [1.165, 1.54) is 0 Å². The standard InChI is InChI=1S/C11H17ClN2O/c1-3-15-11-5-4-8(6-9(11)12)10(7-13)14-2/h4-6,10,14H,3,7,13H2,1-2H3. The van der Waals surface area contributed by atoms with Gasteiger partial charge in [-0.1, -0.05) is 17.7 Å². The lowest BCUT2D eigenvalue weighted by atomic mass is 10.1. The summed E-state index contributed by atoms with van der Waals surface area (Å²) < 4.78 is 5.36. The molecule has 0 aliphatic rings. The van der Waals surface area contributed by atoms with Gasteiger partial charge in [-0.15, -0.1) is 0 Å². The molecule has 3 nitrogen and oxygen atoms in total. The van der Waals surface area contributed by atoms with Gasteiger partial charge in [-0.3, -0.25) is 0 Å². The first-order valence-electron chi connectivity index (χ1n) is 5.02. The SMILES string of the molecule is CCOc1ccc(C(CN)NC)cc1Cl. The molecular formula is C11H17ClN2O. The van der Waals surface area contributed by atoms with Gasteiger partial charge >= 0.3 is 0 Å². The Bertz CT molecular complexity index is 313. The summed E-state index contributed by atoms with van der Waals surface area (Å²) in [6, 6.07) is 5.88. The van der Waals surface area contributed by atoms with Crippen LogP contribution in [-0.4, -0.2) is 20.2 Å². The van der Waals surface area contributed by atoms with Crippen molar-refractivity contribution in [2.24, 2.45) is 5.73 Å². The molecule has 0 saturated heterocycles. The monoisotopic (exact) mass is 228 g/mol. The Labute approximate surface area is 95.6 Å². The maximum absolute atomic E-state index is 6.07. The number of hydrogen-bond donors (Lipinski definition) is 2. The van der Waals surface area contributed by atoms with Crippen LogP contribution >= 0.6 is 11.6 Å². The highest BCUT2D eigenvalue weighted by Gasteiger charge is 2.09. The molecule has 1 atom stereocenters. The summed E-state index contributed by atoms with van der Waals surface area (Å²) in [6.07, 6.45) is 0. The zero-order valence-corrected chi connectivity index (χ0v) is 9.84. The van der Waals surface area contributed by atoms with Gasteiger partial charge in [0.15, 0.2) is 0 Å². The molecule has 3 N–H and O–H groups in total. The third-order valence-electron chi connectivity index (χ3n) is 2.24. The van der Waals surface area contributed by atoms with E-state index < -0.39 is 0 Å². The van der Waals surface area contributed by atoms with Gasteiger partial charge < -0.3 is 15.8 Å². The first-order valence-corrected chi connectivity index (χ1v) is 5.40. The van der Waals surface area contributed by atoms with Crippen LogP contribution in [0.15, 0.2) is 18.2 Å². The molecule has 0 amide bonds. The zero-order chi connectivity index (χ0) is 11.3. The third-order valence-corrected chi connectivity index (χ3v) is 2.54. The summed E-state index contributed by atoms with van der Waals surface area (Å²) in [5, 5.41) is 3.75. The Balaban J connectivity index is 2.89. The number of nitrogens with one attached hydrogen (secondary N) is 1. The van der Waals surface area contributed by atoms with Crippen molar-refractivity contribution in [3.8, 4) is 5.75 Å². The highest BCUT2D eigenvalue weighted by molar-refractivity contribution is 6.32. The highest BCUT2D eigenvalue weighted by atomic mass is 35.5. The Morgan fingerprint density at radius 1 is 1.53 bits per heavy atom. The predicted molar refractivity (Wildman–Crippen MR) is 63.5 cm³/mol. The number of rotatable bonds is 5. The van der Waals surface area contributed by atoms with Crippen LogP contribution in [0.4, 0.5) is 0 Å². The van der Waals surface area contributed by atoms with E-state index >= 15 is 0 Å². The number of benzene rings is 1. The van der Waals surface area contributed by atoms with Gasteiger partial charge in [0.25, 0.3) is 0 Å². The molecule has 0 fully saturated rings. The fraction of sp³-hybridized carbons (Fsp3) is 0.455. The van der Waals surface area contributed by atoms with Crippen molar-refractivity contribution in [2.75, 3.05) is 20.2 Å². The van der Waals surface area contributed by atoms with Gasteiger partial charge in [-0.25, -0.2) is 0 Å². The van der Waals surface area contributed by atoms with E-state index in [-0.39, 0.29) is 6.04 Å². The van der Waals surface area contributed by atoms with Crippen molar-refractivity contribution < 1.29 is 4.74 Å². The number of halogens is 1. The normalized spacial score (nSPS) is 12.5. The van der Waals surface area contributed by atoms with Crippen LogP contribution in [0.1, 0.15) is 18.5 Å². The quantitative estimate of drug-likeness (QED) is 0.810. The van der Waals surface area contributed by atoms with Crippen molar-refractivity contribution in [3.63, 3.8) is 0 Å². The predicted octanol–water partition coefficient (Wildman–Crippen LogP) is 1.96. The van der Waals surface area contributed by atoms with E-state index in [0.29, 0.717) is 18.2 Å². The molecule has 84 valence electrons. The third kappa shape index (κ3) is 3.09. The zero-order valence-electron chi connectivity index (χ0n) is 9.09. The summed E-state index contributed by atoms with van der Waals surface area (Å²) in [4.78, 5) is 0. The van der Waals surface area contributed by atoms with E-state index in [4.69, 9.17) is 22.1 Å². The van der Waals surface area contributed by atoms with Gasteiger partial charge in [-0.05, 0) is 31.7 Å². The van der Waals surface area contributed by atoms with Gasteiger partial charge in [0, 0.05) is 12.6 Å². The van der Waals surface area contributed by atoms with Gasteiger partial charge in [0.2, 0.25) is 0 Å². The molecule has 1 unspecified atom stereocenters. The van der Waals surface area contributed by atoms with Crippen molar-refractivity contribution >= 4 is 11.6 Å². The second kappa shape index (κ2) is 5.95. The van der Waals surface area contributed by atoms with Crippen LogP contribution in [-0.2, 0) is 0 Å². The molecular weight excluding hydrogens is 212 g/mol. The molecule has 0 aromatic heterocycles. The van der Waals surface area contributed by atoms with Crippen LogP contribution in [0.2, 0.25) is 5.02 Å². The number of ether oxygens (including phenoxy) is 1. The first kappa shape index (κ1) is 12.3. The molecule has 0 spiro atoms. The average molecular weight is 229 g/mol. The minimum atomic E-state index is 0.137. The summed E-state index contributed by atoms with van der Waals surface area (Å²) in [7, 11) is 1.88. The lowest BCUT2D eigenvalue weighted by Crippen LogP contribution is -2.24. The minimum Gasteiger partial charge on any atom is -0.492 e. The topological polar surface area (TPSA) is 47.3 Å². The fourth-order valence-corrected chi connectivity index (χ4v) is 1.67. The highest BCUT2D eigenvalue weighted by Crippen LogP contribution is 2.27. The van der Waals surface area contributed by atoms with Crippen LogP contribution in [0, 0.1) is 0 Å². The van der Waals surface area contributed by atoms with Crippen molar-refractivity contribution in [1.29, 1.82) is 0 Å². The number of nitrogens with two attached hydrogens (primary N) is 1. The van der Waals surface area contributed by atoms with Crippen molar-refractivity contribution in [1.82, 2.24) is 5.32 Å². The maximum Gasteiger partial charge on any atom is 0.137 e. The first-order chi connectivity index (χ1) is 7.22. The average Bonchev–Trinajstić information content (AvgIpc) is 2.24. The molecule has 0 aliphatic heterocycles. The maximum atomic E-state index is 6.07. The molecule has 15 heavy (non-hydrogen) atoms. The van der Waals surface area contributed by atoms with Crippen LogP contribution in [0.25, 0.3) is 0 Å². The van der Waals surface area contributed by atoms with Crippen LogP contribution < -0.4 is 15.8 Å². The summed E-state index contributed by atoms with van der Waals surface area (Å²) >= 11 is 6.07. The van der Waals surface area contributed by atoms with Crippen LogP contribution in [0.3, 0.4) is 0 Å². The fourth-order valence-electron chi connectivity index (χ4n) is 1.43. The number of likely N-dealkylation sites (N-methyl/N-ethyl adjacent to an activating group) is 1. The molecule has 0 heterocycles. The lowest BCUT2D eigenvalue weighted by molar-refractivity contribution is 0.340. The van der Waals surface area contributed by atoms with Gasteiger partial charge in [-0.2, -0.15) is 0 Å². The van der Waals surface area contributed by atoms with E-state index in [1.807, 2.05) is 32.2 Å². The molecule has 0 aliphatic carbocycles. The van der Waals surface area contributed by atoms with E-state index in [9.17, 15) is 0 Å². The molecule has 0 saturated carbocycles. The molecule has 0 bridgehead atoms. The minimum absolute atomic E-state index is 0.137. The lowest BCUT2D eigenvalue weighted by Gasteiger charge is -2.15. The summed E-state index contributed by atoms with van der Waals surface area (Å²) in [6.45, 7) is 3.09. The second-order valence-corrected chi connectivity index (χ2v) is 3.61. The van der Waals surface area contributed by atoms with E-state index in [0.717, 1.165) is 11.3 Å². The van der Waals surface area contributed by atoms with Gasteiger partial charge in [0.05, 0.1) is 11.6 Å². The Hall–Kier alpha value is -0.770. The van der Waals surface area contributed by atoms with Crippen molar-refractivity contribution in [2.45, 2.75) is 13.0 Å². The molecule has 0 radical (unpaired) electrons. The largest absolute Gasteiger partial charge is 0.492 e. The molecule has 1 rings (SSSR count). The Kier molecular flexibility index (Phi) is 4.88. The number of hydrogen-bond acceptors (Lipinski definition) is 3. The van der Waals surface area contributed by atoms with E-state index in [2.05, 4.69) is 5.32 Å². The summed E-state index contributed by atoms with van der Waals surface area (Å²) in [5.74, 6) is 0.717. The van der Waals surface area contributed by atoms with Crippen molar-refractivity contribution in [3.05, 3.63) is 28.8 Å². The Morgan fingerprint density at radius 3 is 2.73 bits per heavy atom. The van der Waals surface area contributed by atoms with E-state index in [1.54, 1.807) is 0 Å². The second-order valence-electron chi connectivity index (χ2n) is 3.20. The smallest absolute Gasteiger partial charge is 0.137 e. The molecule has 1 aromatic rings. The molecule has 1 aromatic carbocycles. The molecule has 4 heteroatoms. The van der Waals surface area contributed by atoms with Gasteiger partial charge in [0.1, 0.15) is 5.75 Å². The van der Waals surface area contributed by atoms with Crippen LogP contribution in [0.5, 0.6) is 5.75 Å².